The first-order valence-corrected chi connectivity index (χ1v) is 6.48. The maximum Gasteiger partial charge on any atom is 0.138 e. The third kappa shape index (κ3) is 2.48. The molecule has 5 heteroatoms. The van der Waals surface area contributed by atoms with Gasteiger partial charge in [0.15, 0.2) is 0 Å². The second kappa shape index (κ2) is 5.71. The van der Waals surface area contributed by atoms with Crippen molar-refractivity contribution in [3.8, 4) is 5.75 Å². The predicted octanol–water partition coefficient (Wildman–Crippen LogP) is 2.26. The van der Waals surface area contributed by atoms with Gasteiger partial charge >= 0.3 is 0 Å². The van der Waals surface area contributed by atoms with E-state index in [9.17, 15) is 0 Å². The molecule has 1 aromatic heterocycles. The highest BCUT2D eigenvalue weighted by molar-refractivity contribution is 5.87. The standard InChI is InChI=1S/C15H16N4O/c1-20-14-7-6-11-4-2-3-5-12(11)13(14)8-16-9-15-17-10-18-19-15/h2-7,10,16H,8-9H2,1H3,(H,17,18,19). The lowest BCUT2D eigenvalue weighted by atomic mass is 10.0. The van der Waals surface area contributed by atoms with Gasteiger partial charge in [0.05, 0.1) is 13.7 Å². The first-order chi connectivity index (χ1) is 9.88. The first-order valence-electron chi connectivity index (χ1n) is 6.48. The molecule has 1 heterocycles. The van der Waals surface area contributed by atoms with Gasteiger partial charge < -0.3 is 10.1 Å². The summed E-state index contributed by atoms with van der Waals surface area (Å²) in [6.45, 7) is 1.36. The third-order valence-electron chi connectivity index (χ3n) is 3.28. The summed E-state index contributed by atoms with van der Waals surface area (Å²) in [6.07, 6.45) is 1.51. The van der Waals surface area contributed by atoms with E-state index >= 15 is 0 Å². The fourth-order valence-electron chi connectivity index (χ4n) is 2.31. The molecule has 0 aliphatic carbocycles. The van der Waals surface area contributed by atoms with E-state index in [1.165, 1.54) is 17.1 Å². The van der Waals surface area contributed by atoms with Crippen LogP contribution in [0.2, 0.25) is 0 Å². The number of ether oxygens (including phenoxy) is 1. The zero-order valence-corrected chi connectivity index (χ0v) is 11.3. The van der Waals surface area contributed by atoms with Gasteiger partial charge in [-0.05, 0) is 16.8 Å². The van der Waals surface area contributed by atoms with Crippen LogP contribution in [-0.4, -0.2) is 22.3 Å². The topological polar surface area (TPSA) is 62.8 Å². The van der Waals surface area contributed by atoms with Crippen LogP contribution in [0.3, 0.4) is 0 Å². The van der Waals surface area contributed by atoms with Gasteiger partial charge in [0.25, 0.3) is 0 Å². The van der Waals surface area contributed by atoms with Crippen molar-refractivity contribution in [3.05, 3.63) is 54.1 Å². The summed E-state index contributed by atoms with van der Waals surface area (Å²) < 4.78 is 5.47. The van der Waals surface area contributed by atoms with E-state index in [2.05, 4.69) is 38.7 Å². The fraction of sp³-hybridized carbons (Fsp3) is 0.200. The Morgan fingerprint density at radius 3 is 2.85 bits per heavy atom. The Morgan fingerprint density at radius 2 is 2.05 bits per heavy atom. The van der Waals surface area contributed by atoms with Crippen molar-refractivity contribution in [2.45, 2.75) is 13.1 Å². The van der Waals surface area contributed by atoms with E-state index < -0.39 is 0 Å². The molecule has 2 N–H and O–H groups in total. The minimum Gasteiger partial charge on any atom is -0.496 e. The Labute approximate surface area is 117 Å². The molecule has 0 saturated heterocycles. The van der Waals surface area contributed by atoms with Crippen molar-refractivity contribution in [1.29, 1.82) is 0 Å². The van der Waals surface area contributed by atoms with Crippen molar-refractivity contribution in [1.82, 2.24) is 20.5 Å². The predicted molar refractivity (Wildman–Crippen MR) is 77.4 cm³/mol. The molecule has 0 radical (unpaired) electrons. The molecule has 0 bridgehead atoms. The van der Waals surface area contributed by atoms with E-state index in [1.54, 1.807) is 7.11 Å². The number of methoxy groups -OCH3 is 1. The second-order valence-electron chi connectivity index (χ2n) is 4.50. The van der Waals surface area contributed by atoms with Crippen molar-refractivity contribution >= 4 is 10.8 Å². The Morgan fingerprint density at radius 1 is 1.15 bits per heavy atom. The number of nitrogens with zero attached hydrogens (tertiary/aromatic N) is 2. The molecule has 3 rings (SSSR count). The van der Waals surface area contributed by atoms with Gasteiger partial charge in [-0.2, -0.15) is 5.10 Å². The average Bonchev–Trinajstić information content (AvgIpc) is 3.00. The van der Waals surface area contributed by atoms with Crippen LogP contribution in [0, 0.1) is 0 Å². The number of fused-ring (bicyclic) bond motifs is 1. The van der Waals surface area contributed by atoms with Gasteiger partial charge in [-0.3, -0.25) is 5.10 Å². The number of hydrogen-bond donors (Lipinski definition) is 2. The molecule has 3 aromatic rings. The Bertz CT molecular complexity index is 694. The molecule has 0 unspecified atom stereocenters. The van der Waals surface area contributed by atoms with Gasteiger partial charge in [-0.15, -0.1) is 0 Å². The average molecular weight is 268 g/mol. The fourth-order valence-corrected chi connectivity index (χ4v) is 2.31. The lowest BCUT2D eigenvalue weighted by molar-refractivity contribution is 0.408. The largest absolute Gasteiger partial charge is 0.496 e. The first kappa shape index (κ1) is 12.6. The highest BCUT2D eigenvalue weighted by Crippen LogP contribution is 2.27. The SMILES string of the molecule is COc1ccc2ccccc2c1CNCc1ncn[nH]1. The minimum absolute atomic E-state index is 0.645. The zero-order valence-electron chi connectivity index (χ0n) is 11.3. The molecule has 0 aliphatic heterocycles. The molecule has 0 atom stereocenters. The quantitative estimate of drug-likeness (QED) is 0.745. The third-order valence-corrected chi connectivity index (χ3v) is 3.28. The number of hydrogen-bond acceptors (Lipinski definition) is 4. The number of aromatic amines is 1. The van der Waals surface area contributed by atoms with Gasteiger partial charge in [0.2, 0.25) is 0 Å². The molecule has 20 heavy (non-hydrogen) atoms. The number of nitrogens with one attached hydrogen (secondary N) is 2. The summed E-state index contributed by atoms with van der Waals surface area (Å²) in [5.41, 5.74) is 1.16. The van der Waals surface area contributed by atoms with E-state index in [1.807, 2.05) is 18.2 Å². The molecule has 0 fully saturated rings. The number of aromatic nitrogens is 3. The summed E-state index contributed by atoms with van der Waals surface area (Å²) in [7, 11) is 1.70. The Hall–Kier alpha value is -2.40. The summed E-state index contributed by atoms with van der Waals surface area (Å²) in [4.78, 5) is 4.09. The molecular formula is C15H16N4O. The van der Waals surface area contributed by atoms with Crippen molar-refractivity contribution in [3.63, 3.8) is 0 Å². The Balaban J connectivity index is 1.85. The lowest BCUT2D eigenvalue weighted by Gasteiger charge is -2.12. The van der Waals surface area contributed by atoms with Gasteiger partial charge in [-0.1, -0.05) is 30.3 Å². The van der Waals surface area contributed by atoms with Crippen LogP contribution in [0.1, 0.15) is 11.4 Å². The van der Waals surface area contributed by atoms with Crippen LogP contribution >= 0.6 is 0 Å². The van der Waals surface area contributed by atoms with Crippen LogP contribution in [-0.2, 0) is 13.1 Å². The minimum atomic E-state index is 0.645. The van der Waals surface area contributed by atoms with Gasteiger partial charge in [0, 0.05) is 12.1 Å². The zero-order chi connectivity index (χ0) is 13.8. The number of rotatable bonds is 5. The lowest BCUT2D eigenvalue weighted by Crippen LogP contribution is -2.14. The maximum absolute atomic E-state index is 5.47. The van der Waals surface area contributed by atoms with Crippen LogP contribution in [0.25, 0.3) is 10.8 Å². The molecule has 0 spiro atoms. The van der Waals surface area contributed by atoms with Crippen molar-refractivity contribution in [2.75, 3.05) is 7.11 Å². The highest BCUT2D eigenvalue weighted by atomic mass is 16.5. The molecule has 5 nitrogen and oxygen atoms in total. The summed E-state index contributed by atoms with van der Waals surface area (Å²) >= 11 is 0. The van der Waals surface area contributed by atoms with E-state index in [0.717, 1.165) is 17.1 Å². The van der Waals surface area contributed by atoms with Crippen LogP contribution < -0.4 is 10.1 Å². The van der Waals surface area contributed by atoms with Crippen molar-refractivity contribution in [2.24, 2.45) is 0 Å². The maximum atomic E-state index is 5.47. The van der Waals surface area contributed by atoms with Gasteiger partial charge in [-0.25, -0.2) is 4.98 Å². The highest BCUT2D eigenvalue weighted by Gasteiger charge is 2.08. The monoisotopic (exact) mass is 268 g/mol. The number of benzene rings is 2. The summed E-state index contributed by atoms with van der Waals surface area (Å²) in [6, 6.07) is 12.4. The van der Waals surface area contributed by atoms with Crippen LogP contribution in [0.15, 0.2) is 42.7 Å². The van der Waals surface area contributed by atoms with E-state index in [-0.39, 0.29) is 0 Å². The molecule has 102 valence electrons. The normalized spacial score (nSPS) is 10.8. The molecule has 0 amide bonds. The van der Waals surface area contributed by atoms with E-state index in [0.29, 0.717) is 13.1 Å². The second-order valence-corrected chi connectivity index (χ2v) is 4.50. The molecule has 0 aliphatic rings. The molecule has 0 saturated carbocycles. The molecule has 2 aromatic carbocycles. The van der Waals surface area contributed by atoms with Crippen LogP contribution in [0.4, 0.5) is 0 Å². The van der Waals surface area contributed by atoms with Crippen molar-refractivity contribution < 1.29 is 4.74 Å². The van der Waals surface area contributed by atoms with Gasteiger partial charge in [0.1, 0.15) is 17.9 Å². The van der Waals surface area contributed by atoms with E-state index in [4.69, 9.17) is 4.74 Å². The smallest absolute Gasteiger partial charge is 0.138 e. The Kier molecular flexibility index (Phi) is 3.60. The summed E-state index contributed by atoms with van der Waals surface area (Å²) in [5.74, 6) is 1.72. The molecular weight excluding hydrogens is 252 g/mol. The van der Waals surface area contributed by atoms with Crippen LogP contribution in [0.5, 0.6) is 5.75 Å². The number of H-pyrrole nitrogens is 1. The summed E-state index contributed by atoms with van der Waals surface area (Å²) in [5, 5.41) is 12.4.